The van der Waals surface area contributed by atoms with E-state index in [2.05, 4.69) is 27.8 Å². The lowest BCUT2D eigenvalue weighted by Crippen LogP contribution is -2.61. The summed E-state index contributed by atoms with van der Waals surface area (Å²) >= 11 is 0. The summed E-state index contributed by atoms with van der Waals surface area (Å²) in [5.41, 5.74) is 6.61. The molecule has 14 heteroatoms. The van der Waals surface area contributed by atoms with E-state index in [9.17, 15) is 29.1 Å². The molecular weight excluding hydrogens is 628 g/mol. The second-order valence-corrected chi connectivity index (χ2v) is 12.5. The predicted molar refractivity (Wildman–Crippen MR) is 178 cm³/mol. The van der Waals surface area contributed by atoms with Crippen LogP contribution >= 0.6 is 0 Å². The van der Waals surface area contributed by atoms with Gasteiger partial charge in [-0.15, -0.1) is 0 Å². The van der Waals surface area contributed by atoms with Gasteiger partial charge in [-0.3, -0.25) is 24.0 Å². The summed E-state index contributed by atoms with van der Waals surface area (Å²) in [4.78, 5) is 63.8. The zero-order chi connectivity index (χ0) is 36.6. The molecule has 12 nitrogen and oxygen atoms in total. The number of esters is 1. The first-order valence-corrected chi connectivity index (χ1v) is 16.4. The van der Waals surface area contributed by atoms with E-state index in [0.717, 1.165) is 0 Å². The van der Waals surface area contributed by atoms with Crippen LogP contribution in [0.2, 0.25) is 0 Å². The fourth-order valence-corrected chi connectivity index (χ4v) is 4.79. The number of carbonyl (C=O) groups is 5. The van der Waals surface area contributed by atoms with Crippen LogP contribution in [0, 0.1) is 11.8 Å². The molecule has 48 heavy (non-hydrogen) atoms. The van der Waals surface area contributed by atoms with Crippen molar-refractivity contribution in [2.75, 3.05) is 5.73 Å². The number of benzene rings is 1. The van der Waals surface area contributed by atoms with Gasteiger partial charge < -0.3 is 36.8 Å². The molecular formula is C34H53F2N5O7. The van der Waals surface area contributed by atoms with Crippen molar-refractivity contribution in [1.29, 1.82) is 0 Å². The fourth-order valence-electron chi connectivity index (χ4n) is 4.79. The Bertz CT molecular complexity index is 1240. The summed E-state index contributed by atoms with van der Waals surface area (Å²) in [7, 11) is 0. The summed E-state index contributed by atoms with van der Waals surface area (Å²) in [5, 5.41) is 20.6. The number of anilines is 1. The highest BCUT2D eigenvalue weighted by Gasteiger charge is 2.50. The highest BCUT2D eigenvalue weighted by molar-refractivity contribution is 5.92. The summed E-state index contributed by atoms with van der Waals surface area (Å²) in [6.07, 6.45) is -1.50. The van der Waals surface area contributed by atoms with Crippen LogP contribution in [0.15, 0.2) is 36.6 Å². The van der Waals surface area contributed by atoms with Gasteiger partial charge in [-0.05, 0) is 55.7 Å². The number of nitrogens with two attached hydrogens (primary N) is 1. The Hall–Kier alpha value is -4.07. The Morgan fingerprint density at radius 3 is 2.15 bits per heavy atom. The average molecular weight is 682 g/mol. The molecule has 1 rings (SSSR count). The highest BCUT2D eigenvalue weighted by Crippen LogP contribution is 2.25. The number of aliphatic hydroxyl groups is 1. The molecule has 0 aliphatic heterocycles. The van der Waals surface area contributed by atoms with Gasteiger partial charge in [0.15, 0.2) is 0 Å². The smallest absolute Gasteiger partial charge is 0.351 e. The van der Waals surface area contributed by atoms with Gasteiger partial charge in [0, 0.05) is 25.1 Å². The third-order valence-corrected chi connectivity index (χ3v) is 7.64. The summed E-state index contributed by atoms with van der Waals surface area (Å²) in [6.45, 7) is 13.5. The van der Waals surface area contributed by atoms with Crippen LogP contribution in [0.5, 0.6) is 0 Å². The van der Waals surface area contributed by atoms with Crippen molar-refractivity contribution in [3.8, 4) is 0 Å². The van der Waals surface area contributed by atoms with Crippen molar-refractivity contribution in [2.24, 2.45) is 11.8 Å². The molecule has 0 saturated heterocycles. The Morgan fingerprint density at radius 1 is 0.979 bits per heavy atom. The molecule has 0 unspecified atom stereocenters. The van der Waals surface area contributed by atoms with Gasteiger partial charge in [0.2, 0.25) is 17.7 Å². The zero-order valence-electron chi connectivity index (χ0n) is 28.9. The van der Waals surface area contributed by atoms with Gasteiger partial charge in [0.1, 0.15) is 18.2 Å². The largest absolute Gasteiger partial charge is 0.432 e. The normalized spacial score (nSPS) is 14.5. The third kappa shape index (κ3) is 14.4. The number of carbonyl (C=O) groups excluding carboxylic acids is 5. The highest BCUT2D eigenvalue weighted by atomic mass is 19.3. The van der Waals surface area contributed by atoms with Crippen LogP contribution < -0.4 is 27.0 Å². The van der Waals surface area contributed by atoms with E-state index >= 15 is 8.78 Å². The first kappa shape index (κ1) is 42.0. The van der Waals surface area contributed by atoms with E-state index in [1.54, 1.807) is 52.0 Å². The topological polar surface area (TPSA) is 189 Å². The van der Waals surface area contributed by atoms with E-state index in [1.807, 2.05) is 6.92 Å². The van der Waals surface area contributed by atoms with Crippen LogP contribution in [0.1, 0.15) is 92.1 Å². The van der Waals surface area contributed by atoms with Crippen LogP contribution in [0.25, 0.3) is 0 Å². The zero-order valence-corrected chi connectivity index (χ0v) is 28.9. The van der Waals surface area contributed by atoms with E-state index in [4.69, 9.17) is 10.5 Å². The summed E-state index contributed by atoms with van der Waals surface area (Å²) in [6, 6.07) is 2.50. The maximum atomic E-state index is 15.3. The monoisotopic (exact) mass is 681 g/mol. The third-order valence-electron chi connectivity index (χ3n) is 7.64. The Labute approximate surface area is 282 Å². The maximum Gasteiger partial charge on any atom is 0.351 e. The number of hydrogen-bond acceptors (Lipinski definition) is 8. The quantitative estimate of drug-likeness (QED) is 0.0646. The number of allylic oxidation sites excluding steroid dienone is 1. The molecule has 0 bridgehead atoms. The minimum absolute atomic E-state index is 0.0219. The molecule has 0 saturated carbocycles. The molecule has 7 N–H and O–H groups in total. The molecule has 0 fully saturated rings. The van der Waals surface area contributed by atoms with Crippen molar-refractivity contribution in [3.63, 3.8) is 0 Å². The molecule has 0 aromatic heterocycles. The molecule has 0 aliphatic rings. The van der Waals surface area contributed by atoms with Crippen molar-refractivity contribution in [1.82, 2.24) is 21.3 Å². The number of hydrogen-bond donors (Lipinski definition) is 6. The van der Waals surface area contributed by atoms with Gasteiger partial charge in [0.25, 0.3) is 5.91 Å². The Morgan fingerprint density at radius 2 is 1.60 bits per heavy atom. The second kappa shape index (κ2) is 20.3. The second-order valence-electron chi connectivity index (χ2n) is 12.5. The molecule has 0 aliphatic carbocycles. The number of aliphatic hydroxyl groups excluding tert-OH is 1. The van der Waals surface area contributed by atoms with Crippen LogP contribution in [-0.2, 0) is 35.3 Å². The minimum Gasteiger partial charge on any atom is -0.432 e. The number of rotatable bonds is 21. The standard InChI is InChI=1S/C34H53F2N5O7/c1-8-11-25(39-32(46)29(22(7)9-2)41-27(42)12-10-13-28(43)48-21(5)6)31(45)40-26(18-20(3)4)30(44)34(35,36)33(47)38-19-23-14-16-24(37)17-15-23/h14-17,20,22,25-26,29-30,44H,5,8-13,18-19,37H2,1-4,6-7H3,(H,38,47)(H,39,46)(H,40,45)(H,41,42)/t22-,25-,26-,29-,30+/m0/s1. The predicted octanol–water partition coefficient (Wildman–Crippen LogP) is 3.48. The van der Waals surface area contributed by atoms with Crippen molar-refractivity contribution in [3.05, 3.63) is 42.2 Å². The van der Waals surface area contributed by atoms with E-state index in [0.29, 0.717) is 24.1 Å². The molecule has 270 valence electrons. The van der Waals surface area contributed by atoms with Crippen LogP contribution in [0.3, 0.4) is 0 Å². The van der Waals surface area contributed by atoms with Gasteiger partial charge >= 0.3 is 11.9 Å². The lowest BCUT2D eigenvalue weighted by atomic mass is 9.94. The minimum atomic E-state index is -4.27. The van der Waals surface area contributed by atoms with Crippen LogP contribution in [0.4, 0.5) is 14.5 Å². The molecule has 0 spiro atoms. The van der Waals surface area contributed by atoms with Gasteiger partial charge in [-0.2, -0.15) is 8.78 Å². The van der Waals surface area contributed by atoms with Crippen molar-refractivity contribution < 1.29 is 42.6 Å². The molecule has 4 amide bonds. The number of alkyl halides is 2. The molecule has 1 aromatic carbocycles. The van der Waals surface area contributed by atoms with E-state index in [-0.39, 0.29) is 56.2 Å². The number of amides is 4. The molecule has 0 radical (unpaired) electrons. The van der Waals surface area contributed by atoms with Gasteiger partial charge in [-0.1, -0.05) is 66.2 Å². The Balaban J connectivity index is 3.02. The van der Waals surface area contributed by atoms with Crippen LogP contribution in [-0.4, -0.2) is 64.9 Å². The number of halogens is 2. The number of nitrogens with one attached hydrogen (secondary N) is 4. The Kier molecular flexibility index (Phi) is 17.8. The fraction of sp³-hybridized carbons (Fsp3) is 0.618. The number of nitrogen functional groups attached to an aromatic ring is 1. The van der Waals surface area contributed by atoms with E-state index < -0.39 is 59.8 Å². The van der Waals surface area contributed by atoms with Crippen molar-refractivity contribution >= 4 is 35.3 Å². The molecule has 1 aromatic rings. The molecule has 0 heterocycles. The molecule has 5 atom stereocenters. The first-order chi connectivity index (χ1) is 22.4. The van der Waals surface area contributed by atoms with Gasteiger partial charge in [0.05, 0.1) is 11.8 Å². The van der Waals surface area contributed by atoms with Gasteiger partial charge in [-0.25, -0.2) is 0 Å². The lowest BCUT2D eigenvalue weighted by Gasteiger charge is -2.32. The SMILES string of the molecule is C=C(C)OC(=O)CCCC(=O)N[C@H](C(=O)N[C@@H](CCC)C(=O)N[C@@H](CC(C)C)[C@@H](O)C(F)(F)C(=O)NCc1ccc(N)cc1)[C@@H](C)CC. The maximum absolute atomic E-state index is 15.3. The lowest BCUT2D eigenvalue weighted by molar-refractivity contribution is -0.168. The average Bonchev–Trinajstić information content (AvgIpc) is 3.01. The summed E-state index contributed by atoms with van der Waals surface area (Å²) < 4.78 is 35.4. The van der Waals surface area contributed by atoms with Crippen molar-refractivity contribution in [2.45, 2.75) is 123 Å². The first-order valence-electron chi connectivity index (χ1n) is 16.4. The number of ether oxygens (including phenoxy) is 1. The van der Waals surface area contributed by atoms with E-state index in [1.165, 1.54) is 6.92 Å². The summed E-state index contributed by atoms with van der Waals surface area (Å²) in [5.74, 6) is -8.83.